The van der Waals surface area contributed by atoms with Crippen molar-refractivity contribution in [3.63, 3.8) is 0 Å². The summed E-state index contributed by atoms with van der Waals surface area (Å²) in [5, 5.41) is 0. The molecule has 0 fully saturated rings. The van der Waals surface area contributed by atoms with E-state index in [1.807, 2.05) is 13.8 Å². The second-order valence-corrected chi connectivity index (χ2v) is 5.80. The standard InChI is InChI=1S/C15H17BrFN3O/c1-9(2)21-12-5-10(7-19-8-12)15(20-18)13-6-11(16)3-4-14(13)17/h3-9,15,20H,18H2,1-2H3. The van der Waals surface area contributed by atoms with Gasteiger partial charge < -0.3 is 4.74 Å². The molecule has 0 amide bonds. The number of ether oxygens (including phenoxy) is 1. The maximum Gasteiger partial charge on any atom is 0.138 e. The van der Waals surface area contributed by atoms with Gasteiger partial charge in [-0.1, -0.05) is 15.9 Å². The highest BCUT2D eigenvalue weighted by atomic mass is 79.9. The first-order valence-electron chi connectivity index (χ1n) is 6.54. The minimum absolute atomic E-state index is 0.0361. The van der Waals surface area contributed by atoms with Crippen molar-refractivity contribution >= 4 is 15.9 Å². The summed E-state index contributed by atoms with van der Waals surface area (Å²) in [5.41, 5.74) is 3.80. The third-order valence-electron chi connectivity index (χ3n) is 2.88. The van der Waals surface area contributed by atoms with Crippen LogP contribution in [0.5, 0.6) is 5.75 Å². The van der Waals surface area contributed by atoms with Gasteiger partial charge in [-0.2, -0.15) is 0 Å². The van der Waals surface area contributed by atoms with Crippen molar-refractivity contribution in [2.75, 3.05) is 0 Å². The minimum atomic E-state index is -0.509. The third-order valence-corrected chi connectivity index (χ3v) is 3.37. The first-order valence-corrected chi connectivity index (χ1v) is 7.33. The molecule has 0 aliphatic carbocycles. The predicted octanol–water partition coefficient (Wildman–Crippen LogP) is 3.32. The van der Waals surface area contributed by atoms with E-state index < -0.39 is 6.04 Å². The monoisotopic (exact) mass is 353 g/mol. The largest absolute Gasteiger partial charge is 0.489 e. The van der Waals surface area contributed by atoms with Crippen molar-refractivity contribution in [2.24, 2.45) is 5.84 Å². The van der Waals surface area contributed by atoms with Crippen molar-refractivity contribution in [1.29, 1.82) is 0 Å². The van der Waals surface area contributed by atoms with Gasteiger partial charge in [0.25, 0.3) is 0 Å². The van der Waals surface area contributed by atoms with E-state index in [1.165, 1.54) is 6.07 Å². The molecule has 1 aromatic carbocycles. The average Bonchev–Trinajstić information content (AvgIpc) is 2.43. The SMILES string of the molecule is CC(C)Oc1cncc(C(NN)c2cc(Br)ccc2F)c1. The van der Waals surface area contributed by atoms with Crippen molar-refractivity contribution in [2.45, 2.75) is 26.0 Å². The van der Waals surface area contributed by atoms with Gasteiger partial charge in [0.05, 0.1) is 18.3 Å². The Morgan fingerprint density at radius 3 is 2.71 bits per heavy atom. The van der Waals surface area contributed by atoms with Crippen LogP contribution in [0.1, 0.15) is 31.0 Å². The number of pyridine rings is 1. The highest BCUT2D eigenvalue weighted by molar-refractivity contribution is 9.10. The zero-order valence-corrected chi connectivity index (χ0v) is 13.4. The van der Waals surface area contributed by atoms with Crippen LogP contribution in [0.3, 0.4) is 0 Å². The Labute approximate surface area is 131 Å². The van der Waals surface area contributed by atoms with Gasteiger partial charge in [-0.3, -0.25) is 10.8 Å². The molecule has 21 heavy (non-hydrogen) atoms. The molecule has 2 rings (SSSR count). The van der Waals surface area contributed by atoms with Gasteiger partial charge in [0.1, 0.15) is 11.6 Å². The summed E-state index contributed by atoms with van der Waals surface area (Å²) in [5.74, 6) is 5.89. The molecule has 1 heterocycles. The van der Waals surface area contributed by atoms with Crippen LogP contribution >= 0.6 is 15.9 Å². The molecular formula is C15H17BrFN3O. The summed E-state index contributed by atoms with van der Waals surface area (Å²) in [4.78, 5) is 4.13. The summed E-state index contributed by atoms with van der Waals surface area (Å²) >= 11 is 3.34. The lowest BCUT2D eigenvalue weighted by molar-refractivity contribution is 0.241. The van der Waals surface area contributed by atoms with Crippen LogP contribution in [-0.4, -0.2) is 11.1 Å². The lowest BCUT2D eigenvalue weighted by Gasteiger charge is -2.19. The van der Waals surface area contributed by atoms with Gasteiger partial charge in [-0.05, 0) is 43.7 Å². The molecule has 1 aromatic heterocycles. The molecule has 1 unspecified atom stereocenters. The third kappa shape index (κ3) is 4.00. The van der Waals surface area contributed by atoms with E-state index in [0.717, 1.165) is 10.0 Å². The number of hydrazine groups is 1. The zero-order valence-electron chi connectivity index (χ0n) is 11.8. The van der Waals surface area contributed by atoms with Crippen molar-refractivity contribution in [3.8, 4) is 5.75 Å². The molecule has 0 aliphatic rings. The Hall–Kier alpha value is -1.50. The Morgan fingerprint density at radius 2 is 2.05 bits per heavy atom. The number of nitrogens with one attached hydrogen (secondary N) is 1. The van der Waals surface area contributed by atoms with Crippen LogP contribution in [0.2, 0.25) is 0 Å². The normalized spacial score (nSPS) is 12.5. The van der Waals surface area contributed by atoms with Gasteiger partial charge in [-0.25, -0.2) is 9.82 Å². The van der Waals surface area contributed by atoms with E-state index in [-0.39, 0.29) is 11.9 Å². The molecule has 3 N–H and O–H groups in total. The molecular weight excluding hydrogens is 337 g/mol. The molecule has 6 heteroatoms. The van der Waals surface area contributed by atoms with E-state index >= 15 is 0 Å². The molecule has 112 valence electrons. The molecule has 0 bridgehead atoms. The Bertz CT molecular complexity index is 622. The highest BCUT2D eigenvalue weighted by Gasteiger charge is 2.18. The van der Waals surface area contributed by atoms with Crippen LogP contribution in [0.15, 0.2) is 41.1 Å². The van der Waals surface area contributed by atoms with Gasteiger partial charge >= 0.3 is 0 Å². The number of benzene rings is 1. The highest BCUT2D eigenvalue weighted by Crippen LogP contribution is 2.28. The zero-order chi connectivity index (χ0) is 15.4. The maximum atomic E-state index is 14.0. The summed E-state index contributed by atoms with van der Waals surface area (Å²) in [7, 11) is 0. The van der Waals surface area contributed by atoms with E-state index in [0.29, 0.717) is 11.3 Å². The average molecular weight is 354 g/mol. The van der Waals surface area contributed by atoms with Gasteiger partial charge in [-0.15, -0.1) is 0 Å². The Balaban J connectivity index is 2.39. The van der Waals surface area contributed by atoms with Crippen LogP contribution in [-0.2, 0) is 0 Å². The summed E-state index contributed by atoms with van der Waals surface area (Å²) < 4.78 is 20.4. The summed E-state index contributed by atoms with van der Waals surface area (Å²) in [6.07, 6.45) is 3.29. The molecule has 1 atom stereocenters. The summed E-state index contributed by atoms with van der Waals surface area (Å²) in [6.45, 7) is 3.86. The van der Waals surface area contributed by atoms with Gasteiger partial charge in [0.2, 0.25) is 0 Å². The van der Waals surface area contributed by atoms with E-state index in [9.17, 15) is 4.39 Å². The molecule has 2 aromatic rings. The second kappa shape index (κ2) is 6.98. The van der Waals surface area contributed by atoms with Crippen molar-refractivity contribution in [3.05, 3.63) is 58.1 Å². The number of hydrogen-bond donors (Lipinski definition) is 2. The van der Waals surface area contributed by atoms with Crippen LogP contribution in [0.4, 0.5) is 4.39 Å². The fourth-order valence-corrected chi connectivity index (χ4v) is 2.41. The first-order chi connectivity index (χ1) is 10.0. The maximum absolute atomic E-state index is 14.0. The minimum Gasteiger partial charge on any atom is -0.489 e. The molecule has 0 aliphatic heterocycles. The molecule has 0 spiro atoms. The number of nitrogens with zero attached hydrogens (tertiary/aromatic N) is 1. The Morgan fingerprint density at radius 1 is 1.29 bits per heavy atom. The Kier molecular flexibility index (Phi) is 5.27. The first kappa shape index (κ1) is 15.9. The molecule has 0 saturated heterocycles. The topological polar surface area (TPSA) is 60.2 Å². The lowest BCUT2D eigenvalue weighted by atomic mass is 10.0. The number of halogens is 2. The van der Waals surface area contributed by atoms with Gasteiger partial charge in [0.15, 0.2) is 0 Å². The van der Waals surface area contributed by atoms with Crippen LogP contribution < -0.4 is 16.0 Å². The van der Waals surface area contributed by atoms with Gasteiger partial charge in [0, 0.05) is 16.2 Å². The fourth-order valence-electron chi connectivity index (χ4n) is 2.03. The number of aromatic nitrogens is 1. The molecule has 0 saturated carbocycles. The predicted molar refractivity (Wildman–Crippen MR) is 83.3 cm³/mol. The molecule has 0 radical (unpaired) electrons. The quantitative estimate of drug-likeness (QED) is 0.639. The molecule has 4 nitrogen and oxygen atoms in total. The van der Waals surface area contributed by atoms with E-state index in [2.05, 4.69) is 26.3 Å². The summed E-state index contributed by atoms with van der Waals surface area (Å²) in [6, 6.07) is 6.02. The van der Waals surface area contributed by atoms with Crippen molar-refractivity contribution < 1.29 is 9.13 Å². The smallest absolute Gasteiger partial charge is 0.138 e. The van der Waals surface area contributed by atoms with Crippen LogP contribution in [0.25, 0.3) is 0 Å². The lowest BCUT2D eigenvalue weighted by Crippen LogP contribution is -2.29. The number of rotatable bonds is 5. The number of hydrogen-bond acceptors (Lipinski definition) is 4. The van der Waals surface area contributed by atoms with Crippen molar-refractivity contribution in [1.82, 2.24) is 10.4 Å². The van der Waals surface area contributed by atoms with Crippen LogP contribution in [0, 0.1) is 5.82 Å². The fraction of sp³-hybridized carbons (Fsp3) is 0.267. The second-order valence-electron chi connectivity index (χ2n) is 4.89. The number of nitrogens with two attached hydrogens (primary N) is 1. The van der Waals surface area contributed by atoms with E-state index in [1.54, 1.807) is 30.6 Å². The van der Waals surface area contributed by atoms with E-state index in [4.69, 9.17) is 10.6 Å².